The van der Waals surface area contributed by atoms with Gasteiger partial charge in [0.25, 0.3) is 5.91 Å². The minimum absolute atomic E-state index is 0.109. The van der Waals surface area contributed by atoms with Crippen molar-refractivity contribution in [1.82, 2.24) is 4.98 Å². The van der Waals surface area contributed by atoms with E-state index in [9.17, 15) is 4.79 Å². The molecule has 0 unspecified atom stereocenters. The third-order valence-electron chi connectivity index (χ3n) is 3.26. The van der Waals surface area contributed by atoms with Crippen LogP contribution in [0.3, 0.4) is 0 Å². The fourth-order valence-corrected chi connectivity index (χ4v) is 2.28. The highest BCUT2D eigenvalue weighted by molar-refractivity contribution is 6.54. The summed E-state index contributed by atoms with van der Waals surface area (Å²) in [5.74, 6) is -0.109. The second-order valence-corrected chi connectivity index (χ2v) is 4.55. The molecule has 0 bridgehead atoms. The number of hydrogen-bond acceptors (Lipinski definition) is 4. The summed E-state index contributed by atoms with van der Waals surface area (Å²) >= 11 is 0. The molecule has 1 amide bonds. The van der Waals surface area contributed by atoms with E-state index in [1.807, 2.05) is 43.3 Å². The van der Waals surface area contributed by atoms with Gasteiger partial charge in [0.2, 0.25) is 0 Å². The van der Waals surface area contributed by atoms with Gasteiger partial charge in [-0.2, -0.15) is 5.10 Å². The molecular weight excluding hydrogens is 264 g/mol. The molecule has 0 spiro atoms. The van der Waals surface area contributed by atoms with Gasteiger partial charge in [-0.15, -0.1) is 5.10 Å². The predicted molar refractivity (Wildman–Crippen MR) is 82.8 cm³/mol. The number of likely N-dealkylation sites (N-methyl/N-ethyl adjacent to an activating group) is 1. The molecule has 5 heteroatoms. The molecule has 1 aromatic heterocycles. The molecule has 1 aliphatic heterocycles. The zero-order valence-electron chi connectivity index (χ0n) is 11.6. The van der Waals surface area contributed by atoms with Crippen LogP contribution in [0.1, 0.15) is 18.1 Å². The average Bonchev–Trinajstić information content (AvgIpc) is 2.80. The van der Waals surface area contributed by atoms with Crippen LogP contribution in [0, 0.1) is 0 Å². The number of fused-ring (bicyclic) bond motifs is 1. The van der Waals surface area contributed by atoms with Crippen molar-refractivity contribution in [2.75, 3.05) is 11.4 Å². The Hall–Kier alpha value is -2.82. The summed E-state index contributed by atoms with van der Waals surface area (Å²) in [6, 6.07) is 11.3. The number of pyridine rings is 1. The molecule has 1 aliphatic rings. The Morgan fingerprint density at radius 3 is 2.86 bits per heavy atom. The maximum absolute atomic E-state index is 12.3. The monoisotopic (exact) mass is 278 g/mol. The van der Waals surface area contributed by atoms with Gasteiger partial charge in [0.15, 0.2) is 5.71 Å². The molecule has 0 saturated carbocycles. The number of benzene rings is 1. The lowest BCUT2D eigenvalue weighted by atomic mass is 10.1. The van der Waals surface area contributed by atoms with E-state index in [4.69, 9.17) is 0 Å². The van der Waals surface area contributed by atoms with E-state index in [1.54, 1.807) is 23.5 Å². The van der Waals surface area contributed by atoms with E-state index in [1.165, 1.54) is 0 Å². The number of carbonyl (C=O) groups is 1. The first-order valence-corrected chi connectivity index (χ1v) is 6.73. The van der Waals surface area contributed by atoms with Gasteiger partial charge in [-0.25, -0.2) is 0 Å². The van der Waals surface area contributed by atoms with Crippen molar-refractivity contribution in [2.45, 2.75) is 6.92 Å². The quantitative estimate of drug-likeness (QED) is 0.639. The second kappa shape index (κ2) is 5.66. The Balaban J connectivity index is 1.93. The first-order chi connectivity index (χ1) is 10.3. The maximum atomic E-state index is 12.3. The van der Waals surface area contributed by atoms with Crippen LogP contribution < -0.4 is 4.90 Å². The number of anilines is 1. The largest absolute Gasteiger partial charge is 0.307 e. The van der Waals surface area contributed by atoms with Crippen molar-refractivity contribution in [2.24, 2.45) is 10.2 Å². The first kappa shape index (κ1) is 13.2. The zero-order valence-corrected chi connectivity index (χ0v) is 11.6. The van der Waals surface area contributed by atoms with E-state index in [0.29, 0.717) is 12.3 Å². The fraction of sp³-hybridized carbons (Fsp3) is 0.125. The summed E-state index contributed by atoms with van der Waals surface area (Å²) < 4.78 is 0. The molecule has 1 aromatic carbocycles. The normalized spacial score (nSPS) is 16.0. The van der Waals surface area contributed by atoms with Crippen molar-refractivity contribution in [1.29, 1.82) is 0 Å². The number of aromatic nitrogens is 1. The molecule has 0 aliphatic carbocycles. The second-order valence-electron chi connectivity index (χ2n) is 4.55. The van der Waals surface area contributed by atoms with E-state index in [2.05, 4.69) is 15.2 Å². The number of nitrogens with zero attached hydrogens (tertiary/aromatic N) is 4. The number of carbonyl (C=O) groups excluding carboxylic acids is 1. The molecule has 104 valence electrons. The molecule has 3 rings (SSSR count). The summed E-state index contributed by atoms with van der Waals surface area (Å²) in [7, 11) is 0. The van der Waals surface area contributed by atoms with Crippen LogP contribution in [0.15, 0.2) is 59.0 Å². The van der Waals surface area contributed by atoms with Crippen LogP contribution in [0.25, 0.3) is 0 Å². The van der Waals surface area contributed by atoms with Crippen LogP contribution in [-0.4, -0.2) is 29.4 Å². The van der Waals surface area contributed by atoms with Gasteiger partial charge in [0.1, 0.15) is 0 Å². The van der Waals surface area contributed by atoms with E-state index < -0.39 is 0 Å². The van der Waals surface area contributed by atoms with E-state index in [0.717, 1.165) is 16.8 Å². The standard InChI is InChI=1S/C16H14N4O/c1-2-20-14-8-4-3-7-13(14)15(16(20)21)19-18-11-12-6-5-9-17-10-12/h3-11H,2H2,1H3/b18-11-,19-15+. The Kier molecular flexibility index (Phi) is 3.55. The SMILES string of the molecule is CCN1C(=O)/C(=N/N=C\c2cccnc2)c2ccccc21. The van der Waals surface area contributed by atoms with Crippen LogP contribution in [-0.2, 0) is 4.79 Å². The summed E-state index contributed by atoms with van der Waals surface area (Å²) in [5, 5.41) is 8.12. The minimum atomic E-state index is -0.109. The van der Waals surface area contributed by atoms with Crippen LogP contribution in [0.5, 0.6) is 0 Å². The predicted octanol–water partition coefficient (Wildman–Crippen LogP) is 2.27. The summed E-state index contributed by atoms with van der Waals surface area (Å²) in [4.78, 5) is 18.0. The van der Waals surface area contributed by atoms with E-state index in [-0.39, 0.29) is 5.91 Å². The van der Waals surface area contributed by atoms with Gasteiger partial charge in [-0.3, -0.25) is 9.78 Å². The molecule has 21 heavy (non-hydrogen) atoms. The van der Waals surface area contributed by atoms with Crippen LogP contribution >= 0.6 is 0 Å². The summed E-state index contributed by atoms with van der Waals surface area (Å²) in [6.45, 7) is 2.55. The Labute approximate surface area is 122 Å². The van der Waals surface area contributed by atoms with Crippen molar-refractivity contribution in [3.8, 4) is 0 Å². The third-order valence-corrected chi connectivity index (χ3v) is 3.26. The molecular formula is C16H14N4O. The highest BCUT2D eigenvalue weighted by Gasteiger charge is 2.32. The number of amides is 1. The third kappa shape index (κ3) is 2.45. The van der Waals surface area contributed by atoms with Gasteiger partial charge in [-0.05, 0) is 19.1 Å². The van der Waals surface area contributed by atoms with Gasteiger partial charge < -0.3 is 4.90 Å². The highest BCUT2D eigenvalue weighted by atomic mass is 16.2. The topological polar surface area (TPSA) is 57.9 Å². The van der Waals surface area contributed by atoms with Gasteiger partial charge >= 0.3 is 0 Å². The molecule has 0 saturated heterocycles. The van der Waals surface area contributed by atoms with Crippen LogP contribution in [0.4, 0.5) is 5.69 Å². The number of para-hydroxylation sites is 1. The molecule has 2 aromatic rings. The fourth-order valence-electron chi connectivity index (χ4n) is 2.28. The van der Waals surface area contributed by atoms with Gasteiger partial charge in [0.05, 0.1) is 11.9 Å². The summed E-state index contributed by atoms with van der Waals surface area (Å²) in [6.07, 6.45) is 4.97. The molecule has 5 nitrogen and oxygen atoms in total. The van der Waals surface area contributed by atoms with Gasteiger partial charge in [0, 0.05) is 30.1 Å². The molecule has 0 atom stereocenters. The van der Waals surface area contributed by atoms with Crippen LogP contribution in [0.2, 0.25) is 0 Å². The van der Waals surface area contributed by atoms with Crippen molar-refractivity contribution < 1.29 is 4.79 Å². The Morgan fingerprint density at radius 1 is 1.24 bits per heavy atom. The minimum Gasteiger partial charge on any atom is -0.307 e. The summed E-state index contributed by atoms with van der Waals surface area (Å²) in [5.41, 5.74) is 2.94. The molecule has 0 radical (unpaired) electrons. The van der Waals surface area contributed by atoms with Crippen molar-refractivity contribution >= 4 is 23.5 Å². The number of rotatable bonds is 3. The zero-order chi connectivity index (χ0) is 14.7. The lowest BCUT2D eigenvalue weighted by Crippen LogP contribution is -2.29. The Bertz CT molecular complexity index is 722. The lowest BCUT2D eigenvalue weighted by Gasteiger charge is -2.12. The van der Waals surface area contributed by atoms with Crippen molar-refractivity contribution in [3.05, 3.63) is 59.9 Å². The van der Waals surface area contributed by atoms with Crippen molar-refractivity contribution in [3.63, 3.8) is 0 Å². The smallest absolute Gasteiger partial charge is 0.279 e. The maximum Gasteiger partial charge on any atom is 0.279 e. The number of hydrogen-bond donors (Lipinski definition) is 0. The highest BCUT2D eigenvalue weighted by Crippen LogP contribution is 2.28. The molecule has 2 heterocycles. The first-order valence-electron chi connectivity index (χ1n) is 6.73. The van der Waals surface area contributed by atoms with Gasteiger partial charge in [-0.1, -0.05) is 24.3 Å². The molecule has 0 N–H and O–H groups in total. The lowest BCUT2D eigenvalue weighted by molar-refractivity contribution is -0.112. The van der Waals surface area contributed by atoms with E-state index >= 15 is 0 Å². The average molecular weight is 278 g/mol. The Morgan fingerprint density at radius 2 is 2.10 bits per heavy atom. The molecule has 0 fully saturated rings.